The van der Waals surface area contributed by atoms with Crippen molar-refractivity contribution in [2.75, 3.05) is 19.7 Å². The van der Waals surface area contributed by atoms with Crippen LogP contribution in [0.4, 0.5) is 0 Å². The van der Waals surface area contributed by atoms with E-state index in [-0.39, 0.29) is 24.5 Å². The van der Waals surface area contributed by atoms with Crippen LogP contribution in [-0.4, -0.2) is 42.5 Å². The SMILES string of the molecule is CCCc1ccc(OCC(=O)N2CCC(NC(=O)c3ccc(Cl)c(Cl)c3)CC2)cc1. The monoisotopic (exact) mass is 448 g/mol. The number of piperidine rings is 1. The molecule has 2 amide bonds. The van der Waals surface area contributed by atoms with Crippen LogP contribution in [0.15, 0.2) is 42.5 Å². The highest BCUT2D eigenvalue weighted by Gasteiger charge is 2.24. The zero-order valence-electron chi connectivity index (χ0n) is 17.0. The number of halogens is 2. The lowest BCUT2D eigenvalue weighted by molar-refractivity contribution is -0.134. The number of rotatable bonds is 7. The van der Waals surface area contributed by atoms with E-state index in [9.17, 15) is 9.59 Å². The second-order valence-electron chi connectivity index (χ2n) is 7.44. The lowest BCUT2D eigenvalue weighted by atomic mass is 10.0. The summed E-state index contributed by atoms with van der Waals surface area (Å²) in [4.78, 5) is 26.6. The summed E-state index contributed by atoms with van der Waals surface area (Å²) in [5.41, 5.74) is 1.74. The maximum atomic E-state index is 12.4. The highest BCUT2D eigenvalue weighted by atomic mass is 35.5. The van der Waals surface area contributed by atoms with E-state index in [0.717, 1.165) is 12.8 Å². The third kappa shape index (κ3) is 6.13. The molecule has 30 heavy (non-hydrogen) atoms. The number of hydrogen-bond acceptors (Lipinski definition) is 3. The van der Waals surface area contributed by atoms with Crippen LogP contribution in [-0.2, 0) is 11.2 Å². The highest BCUT2D eigenvalue weighted by Crippen LogP contribution is 2.23. The molecule has 0 aromatic heterocycles. The molecule has 2 aromatic carbocycles. The first kappa shape index (κ1) is 22.4. The Morgan fingerprint density at radius 2 is 1.77 bits per heavy atom. The number of aryl methyl sites for hydroxylation is 1. The largest absolute Gasteiger partial charge is 0.484 e. The van der Waals surface area contributed by atoms with Gasteiger partial charge in [-0.1, -0.05) is 48.7 Å². The van der Waals surface area contributed by atoms with Crippen molar-refractivity contribution in [1.82, 2.24) is 10.2 Å². The molecule has 0 radical (unpaired) electrons. The first-order valence-electron chi connectivity index (χ1n) is 10.2. The molecule has 5 nitrogen and oxygen atoms in total. The maximum Gasteiger partial charge on any atom is 0.260 e. The first-order chi connectivity index (χ1) is 14.5. The highest BCUT2D eigenvalue weighted by molar-refractivity contribution is 6.42. The van der Waals surface area contributed by atoms with Crippen molar-refractivity contribution in [3.63, 3.8) is 0 Å². The van der Waals surface area contributed by atoms with E-state index in [1.807, 2.05) is 24.3 Å². The van der Waals surface area contributed by atoms with Crippen LogP contribution in [0.25, 0.3) is 0 Å². The van der Waals surface area contributed by atoms with E-state index in [2.05, 4.69) is 12.2 Å². The smallest absolute Gasteiger partial charge is 0.260 e. The van der Waals surface area contributed by atoms with Gasteiger partial charge in [-0.25, -0.2) is 0 Å². The second kappa shape index (κ2) is 10.7. The molecule has 0 aliphatic carbocycles. The molecule has 1 aliphatic heterocycles. The molecule has 160 valence electrons. The van der Waals surface area contributed by atoms with Gasteiger partial charge in [-0.3, -0.25) is 9.59 Å². The Kier molecular flexibility index (Phi) is 8.00. The van der Waals surface area contributed by atoms with Gasteiger partial charge in [0.2, 0.25) is 0 Å². The van der Waals surface area contributed by atoms with Crippen molar-refractivity contribution in [2.45, 2.75) is 38.6 Å². The van der Waals surface area contributed by atoms with Gasteiger partial charge in [-0.2, -0.15) is 0 Å². The summed E-state index contributed by atoms with van der Waals surface area (Å²) < 4.78 is 5.64. The normalized spacial score (nSPS) is 14.4. The molecule has 0 saturated carbocycles. The molecule has 1 saturated heterocycles. The van der Waals surface area contributed by atoms with Gasteiger partial charge in [0.15, 0.2) is 6.61 Å². The van der Waals surface area contributed by atoms with Gasteiger partial charge in [-0.05, 0) is 55.2 Å². The Morgan fingerprint density at radius 1 is 1.07 bits per heavy atom. The lowest BCUT2D eigenvalue weighted by Crippen LogP contribution is -2.47. The van der Waals surface area contributed by atoms with E-state index in [1.165, 1.54) is 5.56 Å². The van der Waals surface area contributed by atoms with Crippen molar-refractivity contribution in [3.05, 3.63) is 63.6 Å². The minimum atomic E-state index is -0.187. The molecule has 7 heteroatoms. The quantitative estimate of drug-likeness (QED) is 0.664. The molecule has 3 rings (SSSR count). The van der Waals surface area contributed by atoms with Crippen LogP contribution in [0.1, 0.15) is 42.1 Å². The van der Waals surface area contributed by atoms with Crippen molar-refractivity contribution in [1.29, 1.82) is 0 Å². The van der Waals surface area contributed by atoms with Gasteiger partial charge in [0.1, 0.15) is 5.75 Å². The molecule has 0 spiro atoms. The average molecular weight is 449 g/mol. The number of ether oxygens (including phenoxy) is 1. The zero-order valence-corrected chi connectivity index (χ0v) is 18.5. The van der Waals surface area contributed by atoms with Gasteiger partial charge in [0, 0.05) is 24.7 Å². The van der Waals surface area contributed by atoms with Crippen LogP contribution in [0, 0.1) is 0 Å². The standard InChI is InChI=1S/C23H26Cl2N2O3/c1-2-3-16-4-7-19(8-5-16)30-15-22(28)27-12-10-18(11-13-27)26-23(29)17-6-9-20(24)21(25)14-17/h4-9,14,18H,2-3,10-13,15H2,1H3,(H,26,29). The fraction of sp³-hybridized carbons (Fsp3) is 0.391. The molecule has 1 fully saturated rings. The third-order valence-electron chi connectivity index (χ3n) is 5.19. The van der Waals surface area contributed by atoms with Gasteiger partial charge in [0.05, 0.1) is 10.0 Å². The first-order valence-corrected chi connectivity index (χ1v) is 11.0. The zero-order chi connectivity index (χ0) is 21.5. The Hall–Kier alpha value is -2.24. The summed E-state index contributed by atoms with van der Waals surface area (Å²) in [6.07, 6.45) is 3.54. The Balaban J connectivity index is 1.42. The van der Waals surface area contributed by atoms with Gasteiger partial charge < -0.3 is 15.0 Å². The summed E-state index contributed by atoms with van der Waals surface area (Å²) in [6, 6.07) is 12.7. The van der Waals surface area contributed by atoms with E-state index >= 15 is 0 Å². The fourth-order valence-corrected chi connectivity index (χ4v) is 3.75. The molecule has 0 unspecified atom stereocenters. The molecule has 1 heterocycles. The minimum absolute atomic E-state index is 0.0167. The summed E-state index contributed by atoms with van der Waals surface area (Å²) in [7, 11) is 0. The number of hydrogen-bond donors (Lipinski definition) is 1. The topological polar surface area (TPSA) is 58.6 Å². The van der Waals surface area contributed by atoms with Gasteiger partial charge in [0.25, 0.3) is 11.8 Å². The average Bonchev–Trinajstić information content (AvgIpc) is 2.75. The summed E-state index contributed by atoms with van der Waals surface area (Å²) >= 11 is 11.9. The van der Waals surface area contributed by atoms with E-state index in [1.54, 1.807) is 23.1 Å². The van der Waals surface area contributed by atoms with Crippen molar-refractivity contribution in [2.24, 2.45) is 0 Å². The number of benzene rings is 2. The number of carbonyl (C=O) groups is 2. The third-order valence-corrected chi connectivity index (χ3v) is 5.93. The summed E-state index contributed by atoms with van der Waals surface area (Å²) in [5, 5.41) is 3.77. The van der Waals surface area contributed by atoms with Crippen LogP contribution in [0.2, 0.25) is 10.0 Å². The molecule has 0 atom stereocenters. The summed E-state index contributed by atoms with van der Waals surface area (Å²) in [6.45, 7) is 3.34. The predicted molar refractivity (Wildman–Crippen MR) is 119 cm³/mol. The molecular weight excluding hydrogens is 423 g/mol. The Bertz CT molecular complexity index is 879. The minimum Gasteiger partial charge on any atom is -0.484 e. The number of nitrogens with one attached hydrogen (secondary N) is 1. The van der Waals surface area contributed by atoms with Crippen LogP contribution in [0.5, 0.6) is 5.75 Å². The molecule has 0 bridgehead atoms. The van der Waals surface area contributed by atoms with E-state index < -0.39 is 0 Å². The maximum absolute atomic E-state index is 12.4. The Morgan fingerprint density at radius 3 is 2.40 bits per heavy atom. The van der Waals surface area contributed by atoms with Crippen LogP contribution in [0.3, 0.4) is 0 Å². The number of likely N-dealkylation sites (tertiary alicyclic amines) is 1. The van der Waals surface area contributed by atoms with Crippen molar-refractivity contribution in [3.8, 4) is 5.75 Å². The molecule has 2 aromatic rings. The van der Waals surface area contributed by atoms with Crippen LogP contribution < -0.4 is 10.1 Å². The number of amides is 2. The second-order valence-corrected chi connectivity index (χ2v) is 8.25. The lowest BCUT2D eigenvalue weighted by Gasteiger charge is -2.32. The van der Waals surface area contributed by atoms with E-state index in [4.69, 9.17) is 27.9 Å². The van der Waals surface area contributed by atoms with Gasteiger partial charge in [-0.15, -0.1) is 0 Å². The predicted octanol–water partition coefficient (Wildman–Crippen LogP) is 4.75. The number of nitrogens with zero attached hydrogens (tertiary/aromatic N) is 1. The number of carbonyl (C=O) groups excluding carboxylic acids is 2. The molecular formula is C23H26Cl2N2O3. The van der Waals surface area contributed by atoms with Crippen LogP contribution >= 0.6 is 23.2 Å². The van der Waals surface area contributed by atoms with Gasteiger partial charge >= 0.3 is 0 Å². The molecule has 1 N–H and O–H groups in total. The van der Waals surface area contributed by atoms with Crippen molar-refractivity contribution >= 4 is 35.0 Å². The van der Waals surface area contributed by atoms with Crippen molar-refractivity contribution < 1.29 is 14.3 Å². The molecule has 1 aliphatic rings. The fourth-order valence-electron chi connectivity index (χ4n) is 3.46. The van der Waals surface area contributed by atoms with E-state index in [0.29, 0.717) is 47.3 Å². The Labute approximate surface area is 187 Å². The summed E-state index contributed by atoms with van der Waals surface area (Å²) in [5.74, 6) is 0.474.